The third-order valence-corrected chi connectivity index (χ3v) is 5.60. The number of carbonyl (C=O) groups is 1. The second-order valence-electron chi connectivity index (χ2n) is 5.73. The summed E-state index contributed by atoms with van der Waals surface area (Å²) in [6.45, 7) is 2.32. The monoisotopic (exact) mass is 430 g/mol. The van der Waals surface area contributed by atoms with Crippen LogP contribution in [0.5, 0.6) is 11.5 Å². The highest BCUT2D eigenvalue weighted by molar-refractivity contribution is 9.10. The zero-order chi connectivity index (χ0) is 18.1. The van der Waals surface area contributed by atoms with Crippen molar-refractivity contribution in [2.75, 3.05) is 6.79 Å². The highest BCUT2D eigenvalue weighted by Crippen LogP contribution is 2.39. The molecule has 2 aromatic rings. The first-order valence-electron chi connectivity index (χ1n) is 8.10. The Morgan fingerprint density at radius 1 is 1.23 bits per heavy atom. The summed E-state index contributed by atoms with van der Waals surface area (Å²) in [5.74, 6) is 1.21. The summed E-state index contributed by atoms with van der Waals surface area (Å²) in [5.41, 5.74) is 2.92. The number of carbonyl (C=O) groups excluding carboxylic acids is 1. The predicted molar refractivity (Wildman–Crippen MR) is 107 cm³/mol. The smallest absolute Gasteiger partial charge is 0.264 e. The lowest BCUT2D eigenvalue weighted by Gasteiger charge is -2.02. The average Bonchev–Trinajstić information content (AvgIpc) is 3.22. The van der Waals surface area contributed by atoms with Gasteiger partial charge in [0.2, 0.25) is 6.79 Å². The van der Waals surface area contributed by atoms with Crippen LogP contribution in [-0.4, -0.2) is 17.9 Å². The van der Waals surface area contributed by atoms with Gasteiger partial charge >= 0.3 is 0 Å². The molecule has 5 nitrogen and oxygen atoms in total. The number of benzene rings is 2. The predicted octanol–water partition coefficient (Wildman–Crippen LogP) is 4.63. The molecule has 0 spiro atoms. The third-order valence-electron chi connectivity index (χ3n) is 4.00. The van der Waals surface area contributed by atoms with Gasteiger partial charge in [0, 0.05) is 4.47 Å². The van der Waals surface area contributed by atoms with Crippen LogP contribution in [-0.2, 0) is 11.2 Å². The molecular weight excluding hydrogens is 416 g/mol. The molecule has 2 aliphatic rings. The Morgan fingerprint density at radius 2 is 1.96 bits per heavy atom. The fourth-order valence-corrected chi connectivity index (χ4v) is 3.86. The first-order chi connectivity index (χ1) is 12.6. The van der Waals surface area contributed by atoms with E-state index in [0.29, 0.717) is 21.6 Å². The van der Waals surface area contributed by atoms with Crippen molar-refractivity contribution in [3.05, 3.63) is 56.9 Å². The van der Waals surface area contributed by atoms with E-state index >= 15 is 0 Å². The Kier molecular flexibility index (Phi) is 4.74. The lowest BCUT2D eigenvalue weighted by atomic mass is 10.2. The largest absolute Gasteiger partial charge is 0.454 e. The van der Waals surface area contributed by atoms with E-state index in [9.17, 15) is 4.79 Å². The van der Waals surface area contributed by atoms with Crippen LogP contribution in [0.1, 0.15) is 18.1 Å². The van der Waals surface area contributed by atoms with Crippen LogP contribution in [0.15, 0.2) is 50.8 Å². The van der Waals surface area contributed by atoms with Gasteiger partial charge in [-0.3, -0.25) is 4.79 Å². The number of hydrogen-bond acceptors (Lipinski definition) is 5. The number of rotatable bonds is 3. The van der Waals surface area contributed by atoms with E-state index in [1.165, 1.54) is 17.3 Å². The number of ether oxygens (including phenoxy) is 2. The van der Waals surface area contributed by atoms with E-state index in [-0.39, 0.29) is 12.7 Å². The molecule has 1 saturated heterocycles. The molecule has 0 aliphatic carbocycles. The molecule has 4 rings (SSSR count). The number of hydrogen-bond donors (Lipinski definition) is 1. The van der Waals surface area contributed by atoms with Crippen molar-refractivity contribution >= 4 is 50.5 Å². The summed E-state index contributed by atoms with van der Waals surface area (Å²) >= 11 is 4.83. The first-order valence-corrected chi connectivity index (χ1v) is 9.71. The van der Waals surface area contributed by atoms with Crippen LogP contribution in [0.3, 0.4) is 0 Å². The Morgan fingerprint density at radius 3 is 2.69 bits per heavy atom. The van der Waals surface area contributed by atoms with Crippen molar-refractivity contribution < 1.29 is 14.3 Å². The molecule has 0 bridgehead atoms. The van der Waals surface area contributed by atoms with Gasteiger partial charge in [-0.2, -0.15) is 0 Å². The number of thioether (sulfide) groups is 1. The van der Waals surface area contributed by atoms with Gasteiger partial charge in [-0.1, -0.05) is 35.0 Å². The highest BCUT2D eigenvalue weighted by atomic mass is 79.9. The summed E-state index contributed by atoms with van der Waals surface area (Å²) < 4.78 is 11.6. The van der Waals surface area contributed by atoms with Crippen LogP contribution < -0.4 is 14.8 Å². The van der Waals surface area contributed by atoms with Crippen LogP contribution in [0, 0.1) is 0 Å². The number of aryl methyl sites for hydroxylation is 1. The molecule has 0 saturated carbocycles. The van der Waals surface area contributed by atoms with Crippen molar-refractivity contribution in [3.63, 3.8) is 0 Å². The van der Waals surface area contributed by atoms with E-state index in [2.05, 4.69) is 33.2 Å². The molecule has 1 N–H and O–H groups in total. The summed E-state index contributed by atoms with van der Waals surface area (Å²) in [6.07, 6.45) is 2.80. The summed E-state index contributed by atoms with van der Waals surface area (Å²) in [5, 5.41) is 3.38. The quantitative estimate of drug-likeness (QED) is 0.720. The zero-order valence-corrected chi connectivity index (χ0v) is 16.3. The summed E-state index contributed by atoms with van der Waals surface area (Å²) in [6, 6.07) is 11.7. The molecular formula is C19H15BrN2O3S. The maximum atomic E-state index is 12.3. The molecule has 1 fully saturated rings. The molecule has 1 amide bonds. The maximum Gasteiger partial charge on any atom is 0.264 e. The fraction of sp³-hybridized carbons (Fsp3) is 0.158. The lowest BCUT2D eigenvalue weighted by Crippen LogP contribution is -2.19. The minimum absolute atomic E-state index is 0.163. The number of halogens is 1. The van der Waals surface area contributed by atoms with Crippen LogP contribution >= 0.6 is 27.7 Å². The van der Waals surface area contributed by atoms with Gasteiger partial charge in [0.05, 0.1) is 10.6 Å². The average molecular weight is 431 g/mol. The van der Waals surface area contributed by atoms with E-state index in [1.807, 2.05) is 42.5 Å². The molecule has 2 aromatic carbocycles. The van der Waals surface area contributed by atoms with Gasteiger partial charge in [-0.15, -0.1) is 0 Å². The van der Waals surface area contributed by atoms with E-state index in [1.54, 1.807) is 0 Å². The normalized spacial score (nSPS) is 18.6. The van der Waals surface area contributed by atoms with Gasteiger partial charge in [0.1, 0.15) is 0 Å². The molecule has 2 heterocycles. The summed E-state index contributed by atoms with van der Waals surface area (Å²) in [4.78, 5) is 17.4. The minimum atomic E-state index is -0.163. The van der Waals surface area contributed by atoms with Gasteiger partial charge in [0.25, 0.3) is 5.91 Å². The Hall–Kier alpha value is -2.25. The Balaban J connectivity index is 1.58. The number of aliphatic imine (C=N–C) groups is 1. The second kappa shape index (κ2) is 7.17. The van der Waals surface area contributed by atoms with Gasteiger partial charge in [-0.25, -0.2) is 4.99 Å². The van der Waals surface area contributed by atoms with Gasteiger partial charge in [0.15, 0.2) is 16.7 Å². The molecule has 26 heavy (non-hydrogen) atoms. The van der Waals surface area contributed by atoms with Crippen molar-refractivity contribution in [3.8, 4) is 11.5 Å². The molecule has 2 aliphatic heterocycles. The van der Waals surface area contributed by atoms with E-state index in [0.717, 1.165) is 22.1 Å². The molecule has 132 valence electrons. The van der Waals surface area contributed by atoms with Crippen molar-refractivity contribution in [2.45, 2.75) is 13.3 Å². The number of fused-ring (bicyclic) bond motifs is 1. The number of nitrogens with zero attached hydrogens (tertiary/aromatic N) is 1. The standard InChI is InChI=1S/C19H15BrN2O3S/c1-2-11-3-5-13(6-4-11)21-19-22-18(23)17(26-19)8-12-7-15-16(9-14(12)20)25-10-24-15/h3-9H,2,10H2,1H3,(H,21,22,23)/b17-8+. The van der Waals surface area contributed by atoms with Crippen molar-refractivity contribution in [1.29, 1.82) is 0 Å². The Bertz CT molecular complexity index is 939. The van der Waals surface area contributed by atoms with Crippen LogP contribution in [0.25, 0.3) is 6.08 Å². The fourth-order valence-electron chi connectivity index (χ4n) is 2.59. The minimum Gasteiger partial charge on any atom is -0.454 e. The molecule has 0 atom stereocenters. The molecule has 0 aromatic heterocycles. The van der Waals surface area contributed by atoms with Crippen LogP contribution in [0.4, 0.5) is 5.69 Å². The molecule has 7 heteroatoms. The van der Waals surface area contributed by atoms with E-state index in [4.69, 9.17) is 9.47 Å². The van der Waals surface area contributed by atoms with Crippen LogP contribution in [0.2, 0.25) is 0 Å². The topological polar surface area (TPSA) is 59.9 Å². The second-order valence-corrected chi connectivity index (χ2v) is 7.61. The Labute approximate surface area is 163 Å². The van der Waals surface area contributed by atoms with Crippen molar-refractivity contribution in [2.24, 2.45) is 4.99 Å². The zero-order valence-electron chi connectivity index (χ0n) is 13.9. The van der Waals surface area contributed by atoms with Crippen molar-refractivity contribution in [1.82, 2.24) is 5.32 Å². The van der Waals surface area contributed by atoms with Gasteiger partial charge in [-0.05, 0) is 59.7 Å². The highest BCUT2D eigenvalue weighted by Gasteiger charge is 2.25. The third kappa shape index (κ3) is 3.50. The first kappa shape index (κ1) is 17.2. The summed E-state index contributed by atoms with van der Waals surface area (Å²) in [7, 11) is 0. The SMILES string of the molecule is CCc1ccc(N=C2NC(=O)/C(=C\c3cc4c(cc3Br)OCO4)S2)cc1. The lowest BCUT2D eigenvalue weighted by molar-refractivity contribution is -0.115. The molecule has 0 radical (unpaired) electrons. The number of amidine groups is 1. The number of amides is 1. The van der Waals surface area contributed by atoms with E-state index < -0.39 is 0 Å². The number of nitrogens with one attached hydrogen (secondary N) is 1. The molecule has 0 unspecified atom stereocenters. The maximum absolute atomic E-state index is 12.3. The van der Waals surface area contributed by atoms with Gasteiger partial charge < -0.3 is 14.8 Å².